The molecule has 2 atom stereocenters. The lowest BCUT2D eigenvalue weighted by atomic mass is 10.0. The Morgan fingerprint density at radius 1 is 1.38 bits per heavy atom. The molecule has 1 aromatic carbocycles. The number of thioether (sulfide) groups is 1. The molecule has 1 heterocycles. The lowest BCUT2D eigenvalue weighted by molar-refractivity contribution is -0.00000486. The SMILES string of the molecule is CCC(C)[C@H](N)c1nnc(SCc2cccc(Cl)c2)o1.[Cl-]. The van der Waals surface area contributed by atoms with E-state index in [2.05, 4.69) is 24.0 Å². The first-order chi connectivity index (χ1) is 9.60. The van der Waals surface area contributed by atoms with Gasteiger partial charge < -0.3 is 22.6 Å². The smallest absolute Gasteiger partial charge is 0.276 e. The van der Waals surface area contributed by atoms with Crippen LogP contribution in [0.25, 0.3) is 0 Å². The number of hydrogen-bond donors (Lipinski definition) is 1. The minimum Gasteiger partial charge on any atom is -1.00 e. The third-order valence-corrected chi connectivity index (χ3v) is 4.34. The van der Waals surface area contributed by atoms with Crippen molar-refractivity contribution in [1.29, 1.82) is 0 Å². The highest BCUT2D eigenvalue weighted by atomic mass is 35.5. The lowest BCUT2D eigenvalue weighted by Gasteiger charge is -2.13. The van der Waals surface area contributed by atoms with E-state index in [-0.39, 0.29) is 18.4 Å². The first-order valence-electron chi connectivity index (χ1n) is 6.56. The second-order valence-corrected chi connectivity index (χ2v) is 6.10. The van der Waals surface area contributed by atoms with E-state index in [1.807, 2.05) is 24.3 Å². The molecule has 0 bridgehead atoms. The highest BCUT2D eigenvalue weighted by Crippen LogP contribution is 2.26. The summed E-state index contributed by atoms with van der Waals surface area (Å²) < 4.78 is 5.60. The summed E-state index contributed by atoms with van der Waals surface area (Å²) in [6.45, 7) is 4.17. The van der Waals surface area contributed by atoms with Crippen molar-refractivity contribution < 1.29 is 16.8 Å². The average Bonchev–Trinajstić information content (AvgIpc) is 2.92. The topological polar surface area (TPSA) is 64.9 Å². The molecule has 2 aromatic rings. The number of halogens is 2. The van der Waals surface area contributed by atoms with Crippen LogP contribution in [-0.4, -0.2) is 10.2 Å². The molecular formula is C14H18Cl2N3OS-. The molecule has 2 rings (SSSR count). The van der Waals surface area contributed by atoms with Crippen LogP contribution >= 0.6 is 23.4 Å². The molecule has 0 amide bonds. The van der Waals surface area contributed by atoms with Crippen molar-refractivity contribution >= 4 is 23.4 Å². The Kier molecular flexibility index (Phi) is 7.52. The van der Waals surface area contributed by atoms with E-state index < -0.39 is 0 Å². The number of rotatable bonds is 6. The van der Waals surface area contributed by atoms with Gasteiger partial charge in [-0.25, -0.2) is 0 Å². The van der Waals surface area contributed by atoms with E-state index in [0.29, 0.717) is 17.0 Å². The molecular weight excluding hydrogens is 329 g/mol. The van der Waals surface area contributed by atoms with Crippen molar-refractivity contribution in [3.05, 3.63) is 40.7 Å². The van der Waals surface area contributed by atoms with Crippen molar-refractivity contribution in [3.63, 3.8) is 0 Å². The highest BCUT2D eigenvalue weighted by Gasteiger charge is 2.19. The van der Waals surface area contributed by atoms with Crippen LogP contribution in [0.1, 0.15) is 37.8 Å². The molecule has 1 aromatic heterocycles. The van der Waals surface area contributed by atoms with Crippen LogP contribution in [-0.2, 0) is 5.75 Å². The molecule has 0 radical (unpaired) electrons. The van der Waals surface area contributed by atoms with Crippen molar-refractivity contribution in [2.45, 2.75) is 37.3 Å². The van der Waals surface area contributed by atoms with Gasteiger partial charge >= 0.3 is 0 Å². The summed E-state index contributed by atoms with van der Waals surface area (Å²) in [5.41, 5.74) is 7.19. The highest BCUT2D eigenvalue weighted by molar-refractivity contribution is 7.98. The summed E-state index contributed by atoms with van der Waals surface area (Å²) >= 11 is 7.43. The number of aromatic nitrogens is 2. The first-order valence-corrected chi connectivity index (χ1v) is 7.92. The fourth-order valence-corrected chi connectivity index (χ4v) is 2.61. The minimum atomic E-state index is -0.201. The van der Waals surface area contributed by atoms with Crippen LogP contribution < -0.4 is 18.1 Å². The molecule has 7 heteroatoms. The summed E-state index contributed by atoms with van der Waals surface area (Å²) in [4.78, 5) is 0. The number of nitrogens with zero attached hydrogens (tertiary/aromatic N) is 2. The van der Waals surface area contributed by atoms with Gasteiger partial charge in [0.2, 0.25) is 5.89 Å². The van der Waals surface area contributed by atoms with Gasteiger partial charge in [0.05, 0.1) is 6.04 Å². The summed E-state index contributed by atoms with van der Waals surface area (Å²) in [5, 5.41) is 9.32. The molecule has 116 valence electrons. The number of nitrogens with two attached hydrogens (primary N) is 1. The lowest BCUT2D eigenvalue weighted by Crippen LogP contribution is -3.00. The van der Waals surface area contributed by atoms with E-state index >= 15 is 0 Å². The summed E-state index contributed by atoms with van der Waals surface area (Å²) in [6.07, 6.45) is 0.981. The molecule has 2 N–H and O–H groups in total. The molecule has 1 unspecified atom stereocenters. The zero-order valence-electron chi connectivity index (χ0n) is 11.9. The van der Waals surface area contributed by atoms with Gasteiger partial charge in [0, 0.05) is 10.8 Å². The van der Waals surface area contributed by atoms with Gasteiger partial charge in [0.15, 0.2) is 0 Å². The van der Waals surface area contributed by atoms with Crippen LogP contribution in [0, 0.1) is 5.92 Å². The zero-order chi connectivity index (χ0) is 14.5. The second kappa shape index (κ2) is 8.63. The monoisotopic (exact) mass is 346 g/mol. The third-order valence-electron chi connectivity index (χ3n) is 3.22. The maximum Gasteiger partial charge on any atom is 0.276 e. The molecule has 0 aliphatic carbocycles. The average molecular weight is 347 g/mol. The predicted molar refractivity (Wildman–Crippen MR) is 81.7 cm³/mol. The molecule has 4 nitrogen and oxygen atoms in total. The van der Waals surface area contributed by atoms with Gasteiger partial charge in [0.1, 0.15) is 0 Å². The maximum absolute atomic E-state index is 6.07. The van der Waals surface area contributed by atoms with Gasteiger partial charge in [-0.1, -0.05) is 55.8 Å². The van der Waals surface area contributed by atoms with Gasteiger partial charge in [0.25, 0.3) is 5.22 Å². The van der Waals surface area contributed by atoms with E-state index in [1.54, 1.807) is 0 Å². The molecule has 0 saturated heterocycles. The molecule has 0 spiro atoms. The Morgan fingerprint density at radius 3 is 2.81 bits per heavy atom. The Morgan fingerprint density at radius 2 is 2.14 bits per heavy atom. The molecule has 21 heavy (non-hydrogen) atoms. The van der Waals surface area contributed by atoms with Gasteiger partial charge in [-0.15, -0.1) is 10.2 Å². The van der Waals surface area contributed by atoms with Crippen molar-refractivity contribution in [2.24, 2.45) is 11.7 Å². The summed E-state index contributed by atoms with van der Waals surface area (Å²) in [6, 6.07) is 7.52. The Hall–Kier alpha value is -0.750. The van der Waals surface area contributed by atoms with Gasteiger partial charge in [-0.3, -0.25) is 0 Å². The van der Waals surface area contributed by atoms with Crippen molar-refractivity contribution in [1.82, 2.24) is 10.2 Å². The van der Waals surface area contributed by atoms with Gasteiger partial charge in [-0.2, -0.15) is 0 Å². The molecule has 0 saturated carbocycles. The largest absolute Gasteiger partial charge is 1.00 e. The summed E-state index contributed by atoms with van der Waals surface area (Å²) in [7, 11) is 0. The van der Waals surface area contributed by atoms with Crippen LogP contribution in [0.2, 0.25) is 5.02 Å². The van der Waals surface area contributed by atoms with E-state index in [9.17, 15) is 0 Å². The predicted octanol–water partition coefficient (Wildman–Crippen LogP) is 1.07. The van der Waals surface area contributed by atoms with Crippen LogP contribution in [0.5, 0.6) is 0 Å². The summed E-state index contributed by atoms with van der Waals surface area (Å²) in [5.74, 6) is 1.56. The van der Waals surface area contributed by atoms with E-state index in [0.717, 1.165) is 22.8 Å². The molecule has 0 fully saturated rings. The van der Waals surface area contributed by atoms with Crippen molar-refractivity contribution in [2.75, 3.05) is 0 Å². The second-order valence-electron chi connectivity index (χ2n) is 4.74. The van der Waals surface area contributed by atoms with Crippen molar-refractivity contribution in [3.8, 4) is 0 Å². The standard InChI is InChI=1S/C14H18ClN3OS.ClH/c1-3-9(2)12(16)13-17-18-14(19-13)20-8-10-5-4-6-11(15)7-10;/h4-7,9,12H,3,8,16H2,1-2H3;1H/p-1/t9?,12-;/m0./s1. The Balaban J connectivity index is 0.00000220. The van der Waals surface area contributed by atoms with E-state index in [4.69, 9.17) is 21.8 Å². The fraction of sp³-hybridized carbons (Fsp3) is 0.429. The molecule has 0 aliphatic rings. The molecule has 0 aliphatic heterocycles. The zero-order valence-corrected chi connectivity index (χ0v) is 14.3. The number of hydrogen-bond acceptors (Lipinski definition) is 5. The number of benzene rings is 1. The third kappa shape index (κ3) is 5.18. The quantitative estimate of drug-likeness (QED) is 0.792. The fourth-order valence-electron chi connectivity index (χ4n) is 1.68. The Labute approximate surface area is 140 Å². The van der Waals surface area contributed by atoms with Gasteiger partial charge in [-0.05, 0) is 23.6 Å². The first kappa shape index (κ1) is 18.3. The Bertz CT molecular complexity index is 565. The normalized spacial score (nSPS) is 13.5. The van der Waals surface area contributed by atoms with Crippen LogP contribution in [0.15, 0.2) is 33.9 Å². The maximum atomic E-state index is 6.07. The van der Waals surface area contributed by atoms with Crippen LogP contribution in [0.4, 0.5) is 0 Å². The minimum absolute atomic E-state index is 0. The van der Waals surface area contributed by atoms with E-state index in [1.165, 1.54) is 11.8 Å². The van der Waals surface area contributed by atoms with Crippen LogP contribution in [0.3, 0.4) is 0 Å².